The largest absolute Gasteiger partial charge is 0.474 e. The molecular formula is C6H10N2O3. The van der Waals surface area contributed by atoms with Gasteiger partial charge >= 0.3 is 11.9 Å². The van der Waals surface area contributed by atoms with Gasteiger partial charge in [-0.25, -0.2) is 4.79 Å². The summed E-state index contributed by atoms with van der Waals surface area (Å²) < 4.78 is 0. The summed E-state index contributed by atoms with van der Waals surface area (Å²) in [7, 11) is 3.35. The number of hydrogen-bond acceptors (Lipinski definition) is 2. The Hall–Kier alpha value is -1.39. The first-order valence-corrected chi connectivity index (χ1v) is 2.95. The minimum Gasteiger partial charge on any atom is -0.474 e. The monoisotopic (exact) mass is 158 g/mol. The molecule has 0 unspecified atom stereocenters. The molecule has 0 aliphatic carbocycles. The third-order valence-corrected chi connectivity index (χ3v) is 1.09. The van der Waals surface area contributed by atoms with Crippen molar-refractivity contribution in [2.45, 2.75) is 6.92 Å². The zero-order valence-electron chi connectivity index (χ0n) is 6.66. The number of aliphatic imine (C=N–C) groups is 1. The van der Waals surface area contributed by atoms with Gasteiger partial charge in [0.25, 0.3) is 0 Å². The number of carboxylic acid groups (broad SMARTS) is 1. The normalized spacial score (nSPS) is 11.0. The quantitative estimate of drug-likeness (QED) is 0.295. The summed E-state index contributed by atoms with van der Waals surface area (Å²) in [5.41, 5.74) is 0. The number of hydrogen-bond donors (Lipinski definition) is 1. The van der Waals surface area contributed by atoms with E-state index in [4.69, 9.17) is 5.11 Å². The molecule has 0 bridgehead atoms. The molecule has 0 atom stereocenters. The van der Waals surface area contributed by atoms with Crippen molar-refractivity contribution in [3.63, 3.8) is 0 Å². The molecule has 0 aromatic heterocycles. The molecule has 0 saturated heterocycles. The molecule has 0 fully saturated rings. The summed E-state index contributed by atoms with van der Waals surface area (Å²) in [6, 6.07) is 0. The van der Waals surface area contributed by atoms with Crippen LogP contribution in [0.4, 0.5) is 0 Å². The van der Waals surface area contributed by atoms with Crippen molar-refractivity contribution >= 4 is 17.7 Å². The van der Waals surface area contributed by atoms with Gasteiger partial charge in [0.2, 0.25) is 0 Å². The van der Waals surface area contributed by atoms with Crippen molar-refractivity contribution in [1.82, 2.24) is 4.90 Å². The lowest BCUT2D eigenvalue weighted by Gasteiger charge is -2.08. The van der Waals surface area contributed by atoms with Gasteiger partial charge in [0.1, 0.15) is 5.84 Å². The average Bonchev–Trinajstić information content (AvgIpc) is 1.87. The van der Waals surface area contributed by atoms with Crippen molar-refractivity contribution in [3.8, 4) is 0 Å². The van der Waals surface area contributed by atoms with E-state index in [2.05, 4.69) is 4.99 Å². The molecule has 0 saturated carbocycles. The molecule has 0 aliphatic heterocycles. The molecule has 1 N–H and O–H groups in total. The molecule has 5 heteroatoms. The summed E-state index contributed by atoms with van der Waals surface area (Å²) in [6.07, 6.45) is 0. The van der Waals surface area contributed by atoms with E-state index in [0.717, 1.165) is 0 Å². The predicted molar refractivity (Wildman–Crippen MR) is 39.4 cm³/mol. The maximum Gasteiger partial charge on any atom is 0.396 e. The Kier molecular flexibility index (Phi) is 3.23. The highest BCUT2D eigenvalue weighted by atomic mass is 16.4. The Bertz CT molecular complexity index is 208. The first-order chi connectivity index (χ1) is 4.95. The van der Waals surface area contributed by atoms with Gasteiger partial charge in [-0.05, 0) is 6.92 Å². The lowest BCUT2D eigenvalue weighted by molar-refractivity contribution is -0.148. The van der Waals surface area contributed by atoms with Gasteiger partial charge in [-0.1, -0.05) is 0 Å². The summed E-state index contributed by atoms with van der Waals surface area (Å²) in [5, 5.41) is 8.14. The number of aliphatic carboxylic acids is 1. The molecule has 0 spiro atoms. The highest BCUT2D eigenvalue weighted by molar-refractivity contribution is 6.33. The number of nitrogens with zero attached hydrogens (tertiary/aromatic N) is 2. The van der Waals surface area contributed by atoms with Crippen molar-refractivity contribution < 1.29 is 14.7 Å². The van der Waals surface area contributed by atoms with Crippen LogP contribution in [0.15, 0.2) is 4.99 Å². The van der Waals surface area contributed by atoms with Gasteiger partial charge in [-0.15, -0.1) is 0 Å². The van der Waals surface area contributed by atoms with E-state index in [-0.39, 0.29) is 0 Å². The van der Waals surface area contributed by atoms with Crippen LogP contribution in [0.3, 0.4) is 0 Å². The summed E-state index contributed by atoms with van der Waals surface area (Å²) >= 11 is 0. The average molecular weight is 158 g/mol. The van der Waals surface area contributed by atoms with Crippen LogP contribution in [0, 0.1) is 0 Å². The number of carbonyl (C=O) groups is 2. The fourth-order valence-electron chi connectivity index (χ4n) is 0.295. The Labute approximate surface area is 64.3 Å². The molecule has 0 rings (SSSR count). The smallest absolute Gasteiger partial charge is 0.396 e. The molecule has 1 amide bonds. The second kappa shape index (κ2) is 3.70. The molecular weight excluding hydrogens is 148 g/mol. The second-order valence-electron chi connectivity index (χ2n) is 2.16. The lowest BCUT2D eigenvalue weighted by Crippen LogP contribution is -2.22. The maximum absolute atomic E-state index is 10.4. The van der Waals surface area contributed by atoms with Gasteiger partial charge < -0.3 is 10.0 Å². The van der Waals surface area contributed by atoms with Crippen molar-refractivity contribution in [1.29, 1.82) is 0 Å². The van der Waals surface area contributed by atoms with E-state index >= 15 is 0 Å². The minimum atomic E-state index is -1.54. The predicted octanol–water partition coefficient (Wildman–Crippen LogP) is -0.422. The van der Waals surface area contributed by atoms with E-state index in [1.54, 1.807) is 25.9 Å². The molecule has 11 heavy (non-hydrogen) atoms. The van der Waals surface area contributed by atoms with Gasteiger partial charge in [0, 0.05) is 14.1 Å². The van der Waals surface area contributed by atoms with Crippen LogP contribution in [-0.2, 0) is 9.59 Å². The third kappa shape index (κ3) is 3.34. The van der Waals surface area contributed by atoms with Crippen LogP contribution in [0.5, 0.6) is 0 Å². The third-order valence-electron chi connectivity index (χ3n) is 1.09. The van der Waals surface area contributed by atoms with Crippen molar-refractivity contribution in [2.24, 2.45) is 4.99 Å². The zero-order valence-corrected chi connectivity index (χ0v) is 6.66. The highest BCUT2D eigenvalue weighted by Crippen LogP contribution is 1.84. The fraction of sp³-hybridized carbons (Fsp3) is 0.500. The Balaban J connectivity index is 4.32. The van der Waals surface area contributed by atoms with E-state index in [1.807, 2.05) is 0 Å². The van der Waals surface area contributed by atoms with Gasteiger partial charge in [-0.2, -0.15) is 4.99 Å². The van der Waals surface area contributed by atoms with Crippen LogP contribution >= 0.6 is 0 Å². The second-order valence-corrected chi connectivity index (χ2v) is 2.16. The summed E-state index contributed by atoms with van der Waals surface area (Å²) in [6.45, 7) is 1.56. The van der Waals surface area contributed by atoms with E-state index in [9.17, 15) is 9.59 Å². The SMILES string of the molecule is CC(=NC(=O)C(=O)O)N(C)C. The molecule has 0 aromatic rings. The van der Waals surface area contributed by atoms with E-state index < -0.39 is 11.9 Å². The van der Waals surface area contributed by atoms with Crippen LogP contribution < -0.4 is 0 Å². The van der Waals surface area contributed by atoms with Crippen LogP contribution in [0.25, 0.3) is 0 Å². The maximum atomic E-state index is 10.4. The van der Waals surface area contributed by atoms with Crippen LogP contribution in [0.1, 0.15) is 6.92 Å². The van der Waals surface area contributed by atoms with E-state index in [0.29, 0.717) is 5.84 Å². The lowest BCUT2D eigenvalue weighted by atomic mass is 10.5. The standard InChI is InChI=1S/C6H10N2O3/c1-4(8(2)3)7-5(9)6(10)11/h1-3H3,(H,10,11). The number of carboxylic acids is 1. The van der Waals surface area contributed by atoms with Crippen LogP contribution in [-0.4, -0.2) is 41.8 Å². The van der Waals surface area contributed by atoms with Gasteiger partial charge in [0.05, 0.1) is 0 Å². The zero-order chi connectivity index (χ0) is 9.02. The van der Waals surface area contributed by atoms with E-state index in [1.165, 1.54) is 0 Å². The van der Waals surface area contributed by atoms with Crippen molar-refractivity contribution in [2.75, 3.05) is 14.1 Å². The van der Waals surface area contributed by atoms with Crippen molar-refractivity contribution in [3.05, 3.63) is 0 Å². The molecule has 0 aliphatic rings. The summed E-state index contributed by atoms with van der Waals surface area (Å²) in [5.74, 6) is -2.31. The Morgan fingerprint density at radius 2 is 1.82 bits per heavy atom. The first-order valence-electron chi connectivity index (χ1n) is 2.95. The Morgan fingerprint density at radius 1 is 1.36 bits per heavy atom. The van der Waals surface area contributed by atoms with Gasteiger partial charge in [0.15, 0.2) is 0 Å². The Morgan fingerprint density at radius 3 is 2.09 bits per heavy atom. The van der Waals surface area contributed by atoms with Gasteiger partial charge in [-0.3, -0.25) is 4.79 Å². The summed E-state index contributed by atoms with van der Waals surface area (Å²) in [4.78, 5) is 25.3. The number of amides is 1. The molecule has 0 heterocycles. The topological polar surface area (TPSA) is 70.0 Å². The molecule has 0 radical (unpaired) electrons. The van der Waals surface area contributed by atoms with Crippen LogP contribution in [0.2, 0.25) is 0 Å². The number of carbonyl (C=O) groups excluding carboxylic acids is 1. The fourth-order valence-corrected chi connectivity index (χ4v) is 0.295. The first kappa shape index (κ1) is 9.61. The molecule has 5 nitrogen and oxygen atoms in total. The number of amidine groups is 1. The molecule has 62 valence electrons. The number of rotatable bonds is 0. The minimum absolute atomic E-state index is 0.373. The molecule has 0 aromatic carbocycles. The highest BCUT2D eigenvalue weighted by Gasteiger charge is 2.09.